The predicted octanol–water partition coefficient (Wildman–Crippen LogP) is 2.36. The fourth-order valence-corrected chi connectivity index (χ4v) is 4.44. The second-order valence-electron chi connectivity index (χ2n) is 6.50. The number of hydrogen-bond donors (Lipinski definition) is 0. The van der Waals surface area contributed by atoms with Crippen molar-refractivity contribution in [2.75, 3.05) is 13.0 Å². The third-order valence-corrected chi connectivity index (χ3v) is 5.80. The van der Waals surface area contributed by atoms with E-state index in [4.69, 9.17) is 9.47 Å². The third-order valence-electron chi connectivity index (χ3n) is 4.43. The van der Waals surface area contributed by atoms with Crippen LogP contribution in [0.5, 0.6) is 5.88 Å². The molecule has 9 heteroatoms. The van der Waals surface area contributed by atoms with Gasteiger partial charge >= 0.3 is 5.97 Å². The number of benzene rings is 1. The maximum atomic E-state index is 13.2. The molecule has 0 aliphatic rings. The van der Waals surface area contributed by atoms with Crippen molar-refractivity contribution in [2.45, 2.75) is 46.1 Å². The lowest BCUT2D eigenvalue weighted by molar-refractivity contribution is -0.147. The van der Waals surface area contributed by atoms with Gasteiger partial charge < -0.3 is 9.47 Å². The lowest BCUT2D eigenvalue weighted by Crippen LogP contribution is -2.14. The lowest BCUT2D eigenvalue weighted by Gasteiger charge is -2.15. The highest BCUT2D eigenvalue weighted by atomic mass is 32.2. The molecule has 8 nitrogen and oxygen atoms in total. The van der Waals surface area contributed by atoms with Crippen molar-refractivity contribution in [3.8, 4) is 5.88 Å². The quantitative estimate of drug-likeness (QED) is 0.393. The van der Waals surface area contributed by atoms with E-state index in [9.17, 15) is 18.0 Å². The van der Waals surface area contributed by atoms with Crippen molar-refractivity contribution in [3.05, 3.63) is 40.1 Å². The van der Waals surface area contributed by atoms with Crippen LogP contribution in [0.3, 0.4) is 0 Å². The van der Waals surface area contributed by atoms with Crippen LogP contribution in [0.25, 0.3) is 0 Å². The zero-order valence-corrected chi connectivity index (χ0v) is 17.6. The van der Waals surface area contributed by atoms with E-state index in [0.717, 1.165) is 6.26 Å². The molecule has 0 aliphatic heterocycles. The molecule has 0 spiro atoms. The molecule has 0 fully saturated rings. The number of aromatic nitrogens is 2. The molecule has 0 aliphatic carbocycles. The summed E-state index contributed by atoms with van der Waals surface area (Å²) in [6.07, 6.45) is 2.54. The molecule has 1 aromatic carbocycles. The Balaban J connectivity index is 2.53. The highest BCUT2D eigenvalue weighted by Gasteiger charge is 2.25. The van der Waals surface area contributed by atoms with Crippen LogP contribution in [-0.4, -0.2) is 43.0 Å². The first-order valence-corrected chi connectivity index (χ1v) is 10.6. The van der Waals surface area contributed by atoms with Gasteiger partial charge in [-0.05, 0) is 50.5 Å². The van der Waals surface area contributed by atoms with E-state index in [-0.39, 0.29) is 28.9 Å². The Morgan fingerprint density at radius 1 is 1.14 bits per heavy atom. The first-order valence-electron chi connectivity index (χ1n) is 8.66. The zero-order chi connectivity index (χ0) is 21.2. The van der Waals surface area contributed by atoms with Crippen molar-refractivity contribution in [1.82, 2.24) is 9.78 Å². The topological polar surface area (TPSA) is 105 Å². The van der Waals surface area contributed by atoms with Gasteiger partial charge in [0.25, 0.3) is 0 Å². The maximum absolute atomic E-state index is 13.2. The van der Waals surface area contributed by atoms with E-state index in [1.54, 1.807) is 26.8 Å². The van der Waals surface area contributed by atoms with Crippen LogP contribution in [0.2, 0.25) is 0 Å². The van der Waals surface area contributed by atoms with Crippen LogP contribution in [0.1, 0.15) is 46.5 Å². The smallest absolute Gasteiger partial charge is 0.305 e. The summed E-state index contributed by atoms with van der Waals surface area (Å²) in [4.78, 5) is 24.4. The molecule has 0 N–H and O–H groups in total. The lowest BCUT2D eigenvalue weighted by atomic mass is 9.95. The van der Waals surface area contributed by atoms with Gasteiger partial charge in [0.1, 0.15) is 5.56 Å². The number of aryl methyl sites for hydroxylation is 2. The van der Waals surface area contributed by atoms with Crippen molar-refractivity contribution in [3.63, 3.8) is 0 Å². The van der Waals surface area contributed by atoms with E-state index in [1.807, 2.05) is 6.92 Å². The zero-order valence-electron chi connectivity index (χ0n) is 16.8. The maximum Gasteiger partial charge on any atom is 0.305 e. The Labute approximate surface area is 164 Å². The van der Waals surface area contributed by atoms with E-state index >= 15 is 0 Å². The summed E-state index contributed by atoms with van der Waals surface area (Å²) in [7, 11) is -3.42. The third kappa shape index (κ3) is 4.24. The fourth-order valence-electron chi connectivity index (χ4n) is 3.09. The van der Waals surface area contributed by atoms with Gasteiger partial charge in [0, 0.05) is 25.3 Å². The molecule has 0 saturated heterocycles. The molecule has 0 bridgehead atoms. The molecular weight excluding hydrogens is 384 g/mol. The van der Waals surface area contributed by atoms with Crippen LogP contribution in [0.15, 0.2) is 17.2 Å². The Kier molecular flexibility index (Phi) is 6.28. The average molecular weight is 408 g/mol. The molecule has 0 radical (unpaired) electrons. The number of hydrogen-bond acceptors (Lipinski definition) is 7. The molecular formula is C19H24N2O6S. The van der Waals surface area contributed by atoms with Crippen molar-refractivity contribution in [1.29, 1.82) is 0 Å². The van der Waals surface area contributed by atoms with Gasteiger partial charge in [-0.15, -0.1) is 0 Å². The molecule has 1 aromatic heterocycles. The van der Waals surface area contributed by atoms with Crippen LogP contribution in [-0.2, 0) is 25.9 Å². The molecule has 2 aromatic rings. The summed E-state index contributed by atoms with van der Waals surface area (Å²) in [6.45, 7) is 8.25. The SMILES string of the molecule is CCn1ncc(C(=O)c2cc(C)c(S(C)(=O)=O)c(C)c2C)c1OCOC(C)=O. The predicted molar refractivity (Wildman–Crippen MR) is 102 cm³/mol. The summed E-state index contributed by atoms with van der Waals surface area (Å²) in [6, 6.07) is 1.57. The fraction of sp³-hybridized carbons (Fsp3) is 0.421. The van der Waals surface area contributed by atoms with E-state index in [1.165, 1.54) is 17.8 Å². The number of ketones is 1. The number of ether oxygens (including phenoxy) is 2. The van der Waals surface area contributed by atoms with E-state index < -0.39 is 15.8 Å². The molecule has 0 atom stereocenters. The molecule has 28 heavy (non-hydrogen) atoms. The number of esters is 1. The first kappa shape index (κ1) is 21.6. The van der Waals surface area contributed by atoms with Crippen molar-refractivity contribution >= 4 is 21.6 Å². The standard InChI is InChI=1S/C19H24N2O6S/c1-7-21-19(27-10-26-14(5)22)16(9-20-21)17(23)15-8-11(2)18(28(6,24)25)13(4)12(15)3/h8-9H,7,10H2,1-6H3. The van der Waals surface area contributed by atoms with Crippen molar-refractivity contribution < 1.29 is 27.5 Å². The minimum atomic E-state index is -3.42. The number of carbonyl (C=O) groups excluding carboxylic acids is 2. The first-order chi connectivity index (χ1) is 13.0. The second kappa shape index (κ2) is 8.14. The van der Waals surface area contributed by atoms with E-state index in [2.05, 4.69) is 5.10 Å². The van der Waals surface area contributed by atoms with Gasteiger partial charge in [-0.2, -0.15) is 5.10 Å². The summed E-state index contributed by atoms with van der Waals surface area (Å²) in [5, 5.41) is 4.14. The van der Waals surface area contributed by atoms with Crippen LogP contribution < -0.4 is 4.74 Å². The number of sulfone groups is 1. The Morgan fingerprint density at radius 3 is 2.32 bits per heavy atom. The van der Waals surface area contributed by atoms with E-state index in [0.29, 0.717) is 28.8 Å². The minimum absolute atomic E-state index is 0.190. The summed E-state index contributed by atoms with van der Waals surface area (Å²) in [5.74, 6) is -0.661. The van der Waals surface area contributed by atoms with Gasteiger partial charge in [-0.3, -0.25) is 9.59 Å². The van der Waals surface area contributed by atoms with Gasteiger partial charge in [0.05, 0.1) is 11.1 Å². The average Bonchev–Trinajstić information content (AvgIpc) is 2.99. The Morgan fingerprint density at radius 2 is 1.79 bits per heavy atom. The molecule has 2 rings (SSSR count). The van der Waals surface area contributed by atoms with Gasteiger partial charge in [-0.1, -0.05) is 0 Å². The number of rotatable bonds is 7. The van der Waals surface area contributed by atoms with Crippen LogP contribution >= 0.6 is 0 Å². The second-order valence-corrected chi connectivity index (χ2v) is 8.45. The Hall–Kier alpha value is -2.68. The van der Waals surface area contributed by atoms with Crippen molar-refractivity contribution in [2.24, 2.45) is 0 Å². The molecule has 152 valence electrons. The number of carbonyl (C=O) groups is 2. The minimum Gasteiger partial charge on any atom is -0.440 e. The largest absolute Gasteiger partial charge is 0.440 e. The highest BCUT2D eigenvalue weighted by molar-refractivity contribution is 7.90. The van der Waals surface area contributed by atoms with Crippen LogP contribution in [0.4, 0.5) is 0 Å². The van der Waals surface area contributed by atoms with Gasteiger partial charge in [0.2, 0.25) is 12.7 Å². The summed E-state index contributed by atoms with van der Waals surface area (Å²) >= 11 is 0. The number of nitrogens with zero attached hydrogens (tertiary/aromatic N) is 2. The van der Waals surface area contributed by atoms with Gasteiger partial charge in [0.15, 0.2) is 15.6 Å². The van der Waals surface area contributed by atoms with Gasteiger partial charge in [-0.25, -0.2) is 13.1 Å². The Bertz CT molecular complexity index is 1040. The summed E-state index contributed by atoms with van der Waals surface area (Å²) in [5.41, 5.74) is 2.19. The molecule has 0 amide bonds. The molecule has 0 unspecified atom stereocenters. The highest BCUT2D eigenvalue weighted by Crippen LogP contribution is 2.29. The summed E-state index contributed by atoms with van der Waals surface area (Å²) < 4.78 is 35.9. The monoisotopic (exact) mass is 408 g/mol. The molecule has 0 saturated carbocycles. The normalized spacial score (nSPS) is 11.4. The molecule has 1 heterocycles. The van der Waals surface area contributed by atoms with Crippen LogP contribution in [0, 0.1) is 20.8 Å².